The molecule has 21 heavy (non-hydrogen) atoms. The number of carboxylic acids is 1. The van der Waals surface area contributed by atoms with E-state index in [-0.39, 0.29) is 5.56 Å². The molecule has 2 rings (SSSR count). The summed E-state index contributed by atoms with van der Waals surface area (Å²) in [6.45, 7) is 4.42. The van der Waals surface area contributed by atoms with Gasteiger partial charge in [-0.05, 0) is 31.0 Å². The second-order valence-corrected chi connectivity index (χ2v) is 4.88. The number of ether oxygens (including phenoxy) is 1. The Morgan fingerprint density at radius 3 is 2.67 bits per heavy atom. The van der Waals surface area contributed by atoms with Crippen LogP contribution in [0.15, 0.2) is 35.3 Å². The lowest BCUT2D eigenvalue weighted by Gasteiger charge is -2.15. The summed E-state index contributed by atoms with van der Waals surface area (Å²) in [7, 11) is 0. The molecule has 0 saturated carbocycles. The van der Waals surface area contributed by atoms with Crippen molar-refractivity contribution in [2.75, 3.05) is 0 Å². The van der Waals surface area contributed by atoms with Crippen LogP contribution < -0.4 is 10.3 Å². The Labute approximate surface area is 122 Å². The summed E-state index contributed by atoms with van der Waals surface area (Å²) in [6, 6.07) is 6.94. The van der Waals surface area contributed by atoms with Crippen LogP contribution >= 0.6 is 0 Å². The normalized spacial score (nSPS) is 12.3. The summed E-state index contributed by atoms with van der Waals surface area (Å²) < 4.78 is 7.20. The van der Waals surface area contributed by atoms with E-state index < -0.39 is 12.1 Å². The molecule has 0 radical (unpaired) electrons. The van der Waals surface area contributed by atoms with Crippen molar-refractivity contribution in [3.63, 3.8) is 0 Å². The van der Waals surface area contributed by atoms with E-state index in [4.69, 9.17) is 9.84 Å². The van der Waals surface area contributed by atoms with Gasteiger partial charge in [0.05, 0.1) is 5.39 Å². The number of pyridine rings is 1. The fourth-order valence-electron chi connectivity index (χ4n) is 2.27. The van der Waals surface area contributed by atoms with Gasteiger partial charge in [-0.25, -0.2) is 4.79 Å². The number of benzene rings is 1. The monoisotopic (exact) mass is 289 g/mol. The molecule has 1 unspecified atom stereocenters. The number of carbonyl (C=O) groups is 1. The fraction of sp³-hybridized carbons (Fsp3) is 0.375. The number of rotatable bonds is 6. The van der Waals surface area contributed by atoms with Crippen molar-refractivity contribution >= 4 is 16.7 Å². The molecule has 0 bridgehead atoms. The molecule has 1 heterocycles. The maximum absolute atomic E-state index is 12.4. The maximum Gasteiger partial charge on any atom is 0.344 e. The highest BCUT2D eigenvalue weighted by Crippen LogP contribution is 2.24. The summed E-state index contributed by atoms with van der Waals surface area (Å²) >= 11 is 0. The number of carboxylic acid groups (broad SMARTS) is 1. The number of hydrogen-bond donors (Lipinski definition) is 1. The first-order chi connectivity index (χ1) is 10.1. The third-order valence-corrected chi connectivity index (χ3v) is 3.36. The van der Waals surface area contributed by atoms with Crippen LogP contribution in [0.25, 0.3) is 10.8 Å². The third-order valence-electron chi connectivity index (χ3n) is 3.36. The van der Waals surface area contributed by atoms with E-state index in [9.17, 15) is 9.59 Å². The van der Waals surface area contributed by atoms with Crippen molar-refractivity contribution in [1.29, 1.82) is 0 Å². The van der Waals surface area contributed by atoms with Crippen LogP contribution in [0.4, 0.5) is 0 Å². The minimum absolute atomic E-state index is 0.0804. The SMILES string of the molecule is CCCn1ccc2c(OC(CC)C(=O)O)cccc2c1=O. The Kier molecular flexibility index (Phi) is 4.62. The minimum atomic E-state index is -1.01. The average molecular weight is 289 g/mol. The lowest BCUT2D eigenvalue weighted by atomic mass is 10.1. The molecule has 0 aliphatic rings. The number of aryl methyl sites for hydroxylation is 1. The molecule has 0 aliphatic heterocycles. The maximum atomic E-state index is 12.4. The van der Waals surface area contributed by atoms with Gasteiger partial charge in [-0.2, -0.15) is 0 Å². The molecule has 1 aromatic carbocycles. The second-order valence-electron chi connectivity index (χ2n) is 4.88. The Morgan fingerprint density at radius 1 is 1.29 bits per heavy atom. The zero-order valence-electron chi connectivity index (χ0n) is 12.2. The van der Waals surface area contributed by atoms with E-state index in [1.54, 1.807) is 42.0 Å². The zero-order chi connectivity index (χ0) is 15.4. The zero-order valence-corrected chi connectivity index (χ0v) is 12.2. The molecule has 112 valence electrons. The molecule has 5 nitrogen and oxygen atoms in total. The molecule has 1 atom stereocenters. The summed E-state index contributed by atoms with van der Waals surface area (Å²) in [5, 5.41) is 10.3. The first kappa shape index (κ1) is 15.1. The fourth-order valence-corrected chi connectivity index (χ4v) is 2.27. The number of hydrogen-bond acceptors (Lipinski definition) is 3. The van der Waals surface area contributed by atoms with Gasteiger partial charge in [-0.1, -0.05) is 19.9 Å². The molecule has 0 spiro atoms. The van der Waals surface area contributed by atoms with E-state index >= 15 is 0 Å². The van der Waals surface area contributed by atoms with Crippen molar-refractivity contribution in [3.8, 4) is 5.75 Å². The molecular weight excluding hydrogens is 270 g/mol. The number of nitrogens with zero attached hydrogens (tertiary/aromatic N) is 1. The third kappa shape index (κ3) is 3.07. The molecule has 0 aliphatic carbocycles. The van der Waals surface area contributed by atoms with Crippen LogP contribution in [-0.2, 0) is 11.3 Å². The second kappa shape index (κ2) is 6.43. The smallest absolute Gasteiger partial charge is 0.344 e. The van der Waals surface area contributed by atoms with Crippen LogP contribution in [0.2, 0.25) is 0 Å². The van der Waals surface area contributed by atoms with Crippen molar-refractivity contribution < 1.29 is 14.6 Å². The molecule has 0 saturated heterocycles. The number of aromatic nitrogens is 1. The van der Waals surface area contributed by atoms with Gasteiger partial charge in [-0.15, -0.1) is 0 Å². The highest BCUT2D eigenvalue weighted by molar-refractivity contribution is 5.87. The largest absolute Gasteiger partial charge is 0.479 e. The molecule has 2 aromatic rings. The molecule has 0 amide bonds. The predicted octanol–water partition coefficient (Wildman–Crippen LogP) is 2.65. The van der Waals surface area contributed by atoms with E-state index in [0.29, 0.717) is 29.5 Å². The van der Waals surface area contributed by atoms with Gasteiger partial charge < -0.3 is 14.4 Å². The van der Waals surface area contributed by atoms with E-state index in [2.05, 4.69) is 0 Å². The molecule has 0 fully saturated rings. The minimum Gasteiger partial charge on any atom is -0.479 e. The van der Waals surface area contributed by atoms with Crippen LogP contribution in [0.5, 0.6) is 5.75 Å². The van der Waals surface area contributed by atoms with Crippen LogP contribution in [0, 0.1) is 0 Å². The first-order valence-electron chi connectivity index (χ1n) is 7.10. The predicted molar refractivity (Wildman–Crippen MR) is 80.8 cm³/mol. The quantitative estimate of drug-likeness (QED) is 0.887. The number of aliphatic carboxylic acids is 1. The molecule has 1 N–H and O–H groups in total. The van der Waals surface area contributed by atoms with Gasteiger partial charge in [0.2, 0.25) is 0 Å². The number of fused-ring (bicyclic) bond motifs is 1. The van der Waals surface area contributed by atoms with Gasteiger partial charge in [0, 0.05) is 18.1 Å². The lowest BCUT2D eigenvalue weighted by molar-refractivity contribution is -0.145. The van der Waals surface area contributed by atoms with Gasteiger partial charge in [-0.3, -0.25) is 4.79 Å². The molecule has 1 aromatic heterocycles. The summed E-state index contributed by atoms with van der Waals surface area (Å²) in [4.78, 5) is 23.4. The van der Waals surface area contributed by atoms with Gasteiger partial charge in [0.1, 0.15) is 5.75 Å². The summed E-state index contributed by atoms with van der Waals surface area (Å²) in [6.07, 6.45) is 2.05. The Morgan fingerprint density at radius 2 is 2.05 bits per heavy atom. The van der Waals surface area contributed by atoms with Gasteiger partial charge in [0.25, 0.3) is 5.56 Å². The molecular formula is C16H19NO4. The Bertz CT molecular complexity index is 705. The highest BCUT2D eigenvalue weighted by atomic mass is 16.5. The Balaban J connectivity index is 2.49. The first-order valence-corrected chi connectivity index (χ1v) is 7.10. The Hall–Kier alpha value is -2.30. The van der Waals surface area contributed by atoms with Crippen molar-refractivity contribution in [3.05, 3.63) is 40.8 Å². The molecule has 5 heteroatoms. The van der Waals surface area contributed by atoms with E-state index in [1.807, 2.05) is 6.92 Å². The summed E-state index contributed by atoms with van der Waals surface area (Å²) in [5.74, 6) is -0.573. The standard InChI is InChI=1S/C16H19NO4/c1-3-9-17-10-8-11-12(15(17)18)6-5-7-14(11)21-13(4-2)16(19)20/h5-8,10,13H,3-4,9H2,1-2H3,(H,19,20). The van der Waals surface area contributed by atoms with Gasteiger partial charge >= 0.3 is 5.97 Å². The summed E-state index contributed by atoms with van der Waals surface area (Å²) in [5.41, 5.74) is -0.0804. The topological polar surface area (TPSA) is 68.5 Å². The van der Waals surface area contributed by atoms with Gasteiger partial charge in [0.15, 0.2) is 6.10 Å². The van der Waals surface area contributed by atoms with Crippen molar-refractivity contribution in [2.45, 2.75) is 39.3 Å². The lowest BCUT2D eigenvalue weighted by Crippen LogP contribution is -2.26. The van der Waals surface area contributed by atoms with Crippen LogP contribution in [0.3, 0.4) is 0 Å². The highest BCUT2D eigenvalue weighted by Gasteiger charge is 2.18. The van der Waals surface area contributed by atoms with E-state index in [1.165, 1.54) is 0 Å². The van der Waals surface area contributed by atoms with Crippen molar-refractivity contribution in [2.24, 2.45) is 0 Å². The van der Waals surface area contributed by atoms with E-state index in [0.717, 1.165) is 6.42 Å². The average Bonchev–Trinajstić information content (AvgIpc) is 2.47. The van der Waals surface area contributed by atoms with Crippen molar-refractivity contribution in [1.82, 2.24) is 4.57 Å². The van der Waals surface area contributed by atoms with Crippen LogP contribution in [0.1, 0.15) is 26.7 Å². The van der Waals surface area contributed by atoms with Crippen LogP contribution in [-0.4, -0.2) is 21.7 Å².